The van der Waals surface area contributed by atoms with Crippen molar-refractivity contribution in [1.29, 1.82) is 0 Å². The van der Waals surface area contributed by atoms with Gasteiger partial charge in [0.25, 0.3) is 0 Å². The van der Waals surface area contributed by atoms with Crippen molar-refractivity contribution >= 4 is 27.5 Å². The van der Waals surface area contributed by atoms with Crippen molar-refractivity contribution in [3.8, 4) is 5.75 Å². The molecule has 6 heteroatoms. The fraction of sp³-hybridized carbons (Fsp3) is 0.267. The van der Waals surface area contributed by atoms with E-state index in [1.165, 1.54) is 5.56 Å². The summed E-state index contributed by atoms with van der Waals surface area (Å²) in [6.45, 7) is 0.710. The number of pyridine rings is 1. The molecular formula is C15H15BrClN3O. The number of aromatic nitrogens is 1. The summed E-state index contributed by atoms with van der Waals surface area (Å²) in [5.41, 5.74) is 6.09. The van der Waals surface area contributed by atoms with Gasteiger partial charge in [0.2, 0.25) is 0 Å². The number of nitrogens with zero attached hydrogens (tertiary/aromatic N) is 1. The van der Waals surface area contributed by atoms with Crippen molar-refractivity contribution in [3.63, 3.8) is 0 Å². The van der Waals surface area contributed by atoms with Crippen LogP contribution in [0.15, 0.2) is 35.1 Å². The van der Waals surface area contributed by atoms with Gasteiger partial charge in [-0.1, -0.05) is 11.6 Å². The molecule has 3 N–H and O–H groups in total. The maximum Gasteiger partial charge on any atom is 0.125 e. The van der Waals surface area contributed by atoms with Crippen LogP contribution in [0.4, 0.5) is 0 Å². The molecule has 1 atom stereocenters. The minimum Gasteiger partial charge on any atom is -0.493 e. The van der Waals surface area contributed by atoms with Crippen molar-refractivity contribution in [3.05, 3.63) is 56.8 Å². The number of nitrogens with two attached hydrogens (primary N) is 1. The van der Waals surface area contributed by atoms with Crippen LogP contribution in [-0.2, 0) is 12.8 Å². The van der Waals surface area contributed by atoms with Crippen LogP contribution in [0.1, 0.15) is 22.7 Å². The van der Waals surface area contributed by atoms with Crippen LogP contribution < -0.4 is 16.0 Å². The zero-order valence-corrected chi connectivity index (χ0v) is 13.6. The van der Waals surface area contributed by atoms with Crippen molar-refractivity contribution < 1.29 is 4.74 Å². The van der Waals surface area contributed by atoms with E-state index in [0.717, 1.165) is 32.8 Å². The van der Waals surface area contributed by atoms with Gasteiger partial charge in [-0.15, -0.1) is 0 Å². The summed E-state index contributed by atoms with van der Waals surface area (Å²) >= 11 is 9.63. The molecule has 1 aliphatic rings. The van der Waals surface area contributed by atoms with E-state index >= 15 is 0 Å². The van der Waals surface area contributed by atoms with Crippen molar-refractivity contribution in [2.45, 2.75) is 18.9 Å². The molecule has 1 aromatic heterocycles. The zero-order chi connectivity index (χ0) is 14.8. The SMILES string of the molecule is NNC(Cc1cc(Cl)cc2c1OCC2)c1cncc(Br)c1. The molecule has 0 aliphatic carbocycles. The van der Waals surface area contributed by atoms with Gasteiger partial charge in [-0.05, 0) is 57.2 Å². The molecule has 110 valence electrons. The first-order valence-corrected chi connectivity index (χ1v) is 7.85. The lowest BCUT2D eigenvalue weighted by Crippen LogP contribution is -2.29. The molecule has 4 nitrogen and oxygen atoms in total. The van der Waals surface area contributed by atoms with E-state index < -0.39 is 0 Å². The number of halogens is 2. The summed E-state index contributed by atoms with van der Waals surface area (Å²) in [7, 11) is 0. The third kappa shape index (κ3) is 3.21. The Kier molecular flexibility index (Phi) is 4.45. The number of benzene rings is 1. The van der Waals surface area contributed by atoms with E-state index in [9.17, 15) is 0 Å². The van der Waals surface area contributed by atoms with Crippen LogP contribution >= 0.6 is 27.5 Å². The van der Waals surface area contributed by atoms with Gasteiger partial charge in [-0.3, -0.25) is 16.3 Å². The third-order valence-electron chi connectivity index (χ3n) is 3.58. The Labute approximate surface area is 136 Å². The molecule has 21 heavy (non-hydrogen) atoms. The zero-order valence-electron chi connectivity index (χ0n) is 11.3. The Morgan fingerprint density at radius 3 is 3.00 bits per heavy atom. The summed E-state index contributed by atoms with van der Waals surface area (Å²) in [5.74, 6) is 6.67. The average molecular weight is 369 g/mol. The predicted octanol–water partition coefficient (Wildman–Crippen LogP) is 3.18. The van der Waals surface area contributed by atoms with Crippen molar-refractivity contribution in [2.75, 3.05) is 6.61 Å². The molecule has 0 saturated carbocycles. The lowest BCUT2D eigenvalue weighted by Gasteiger charge is -2.18. The Bertz CT molecular complexity index is 665. The number of nitrogens with one attached hydrogen (secondary N) is 1. The highest BCUT2D eigenvalue weighted by atomic mass is 79.9. The van der Waals surface area contributed by atoms with E-state index in [0.29, 0.717) is 13.0 Å². The highest BCUT2D eigenvalue weighted by Gasteiger charge is 2.21. The first-order chi connectivity index (χ1) is 10.2. The standard InChI is InChI=1S/C15H15BrClN3O/c16-12-3-11(7-19-8-12)14(20-18)6-10-5-13(17)4-9-1-2-21-15(9)10/h3-5,7-8,14,20H,1-2,6,18H2. The van der Waals surface area contributed by atoms with E-state index in [1.54, 1.807) is 12.4 Å². The van der Waals surface area contributed by atoms with Gasteiger partial charge in [-0.2, -0.15) is 0 Å². The molecule has 1 unspecified atom stereocenters. The third-order valence-corrected chi connectivity index (χ3v) is 4.23. The largest absolute Gasteiger partial charge is 0.493 e. The van der Waals surface area contributed by atoms with Crippen LogP contribution in [0.3, 0.4) is 0 Å². The number of rotatable bonds is 4. The van der Waals surface area contributed by atoms with Crippen molar-refractivity contribution in [1.82, 2.24) is 10.4 Å². The highest BCUT2D eigenvalue weighted by molar-refractivity contribution is 9.10. The van der Waals surface area contributed by atoms with Gasteiger partial charge < -0.3 is 4.74 Å². The minimum atomic E-state index is -0.0539. The Morgan fingerprint density at radius 2 is 2.24 bits per heavy atom. The quantitative estimate of drug-likeness (QED) is 0.643. The number of hydrazine groups is 1. The molecule has 0 amide bonds. The number of fused-ring (bicyclic) bond motifs is 1. The van der Waals surface area contributed by atoms with Gasteiger partial charge in [0.1, 0.15) is 5.75 Å². The summed E-state index contributed by atoms with van der Waals surface area (Å²) in [6.07, 6.45) is 5.15. The number of ether oxygens (including phenoxy) is 1. The fourth-order valence-electron chi connectivity index (χ4n) is 2.61. The van der Waals surface area contributed by atoms with Gasteiger partial charge in [0.15, 0.2) is 0 Å². The van der Waals surface area contributed by atoms with Gasteiger partial charge in [0.05, 0.1) is 12.6 Å². The molecule has 3 rings (SSSR count). The Balaban J connectivity index is 1.91. The summed E-state index contributed by atoms with van der Waals surface area (Å²) < 4.78 is 6.66. The second-order valence-electron chi connectivity index (χ2n) is 5.01. The molecule has 1 aliphatic heterocycles. The maximum absolute atomic E-state index is 6.20. The monoisotopic (exact) mass is 367 g/mol. The summed E-state index contributed by atoms with van der Waals surface area (Å²) in [6, 6.07) is 5.87. The molecule has 2 heterocycles. The van der Waals surface area contributed by atoms with Crippen LogP contribution in [0.2, 0.25) is 5.02 Å². The van der Waals surface area contributed by atoms with E-state index in [-0.39, 0.29) is 6.04 Å². The van der Waals surface area contributed by atoms with Crippen LogP contribution in [0, 0.1) is 0 Å². The summed E-state index contributed by atoms with van der Waals surface area (Å²) in [5, 5.41) is 0.734. The first kappa shape index (κ1) is 14.8. The van der Waals surface area contributed by atoms with Crippen LogP contribution in [0.5, 0.6) is 5.75 Å². The first-order valence-electron chi connectivity index (χ1n) is 6.68. The maximum atomic E-state index is 6.20. The molecule has 0 spiro atoms. The molecule has 2 aromatic rings. The second kappa shape index (κ2) is 6.32. The predicted molar refractivity (Wildman–Crippen MR) is 86.4 cm³/mol. The van der Waals surface area contributed by atoms with E-state index in [4.69, 9.17) is 22.2 Å². The molecule has 0 bridgehead atoms. The molecule has 0 fully saturated rings. The highest BCUT2D eigenvalue weighted by Crippen LogP contribution is 2.35. The van der Waals surface area contributed by atoms with Gasteiger partial charge in [-0.25, -0.2) is 0 Å². The smallest absolute Gasteiger partial charge is 0.125 e. The Hall–Kier alpha value is -1.14. The number of hydrogen-bond donors (Lipinski definition) is 2. The Morgan fingerprint density at radius 1 is 1.38 bits per heavy atom. The summed E-state index contributed by atoms with van der Waals surface area (Å²) in [4.78, 5) is 4.18. The lowest BCUT2D eigenvalue weighted by atomic mass is 9.98. The fourth-order valence-corrected chi connectivity index (χ4v) is 3.26. The molecule has 0 saturated heterocycles. The minimum absolute atomic E-state index is 0.0539. The van der Waals surface area contributed by atoms with Crippen LogP contribution in [0.25, 0.3) is 0 Å². The second-order valence-corrected chi connectivity index (χ2v) is 6.36. The van der Waals surface area contributed by atoms with E-state index in [1.807, 2.05) is 18.2 Å². The molecule has 1 aromatic carbocycles. The average Bonchev–Trinajstić information content (AvgIpc) is 2.92. The topological polar surface area (TPSA) is 60.2 Å². The lowest BCUT2D eigenvalue weighted by molar-refractivity contribution is 0.351. The van der Waals surface area contributed by atoms with Crippen LogP contribution in [-0.4, -0.2) is 11.6 Å². The van der Waals surface area contributed by atoms with Gasteiger partial charge in [0, 0.05) is 28.3 Å². The normalized spacial score (nSPS) is 14.6. The molecule has 0 radical (unpaired) electrons. The number of hydrogen-bond acceptors (Lipinski definition) is 4. The van der Waals surface area contributed by atoms with E-state index in [2.05, 4.69) is 26.3 Å². The molecular weight excluding hydrogens is 354 g/mol. The van der Waals surface area contributed by atoms with Gasteiger partial charge >= 0.3 is 0 Å². The van der Waals surface area contributed by atoms with Crippen molar-refractivity contribution in [2.24, 2.45) is 5.84 Å².